The Morgan fingerprint density at radius 3 is 2.35 bits per heavy atom. The Morgan fingerprint density at radius 1 is 1.20 bits per heavy atom. The predicted octanol–water partition coefficient (Wildman–Crippen LogP) is 4.15. The van der Waals surface area contributed by atoms with E-state index in [1.165, 1.54) is 0 Å². The topological polar surface area (TPSA) is 35.6 Å². The van der Waals surface area contributed by atoms with E-state index in [4.69, 9.17) is 16.6 Å². The van der Waals surface area contributed by atoms with Gasteiger partial charge in [-0.2, -0.15) is 5.10 Å². The average molecular weight is 297 g/mol. The minimum atomic E-state index is -0.0912. The van der Waals surface area contributed by atoms with Crippen molar-refractivity contribution in [1.82, 2.24) is 19.3 Å². The van der Waals surface area contributed by atoms with E-state index in [1.807, 2.05) is 18.5 Å². The smallest absolute Gasteiger partial charge is 0.158 e. The normalized spacial score (nSPS) is 15.2. The molecule has 0 N–H and O–H groups in total. The van der Waals surface area contributed by atoms with Crippen molar-refractivity contribution in [3.05, 3.63) is 11.5 Å². The van der Waals surface area contributed by atoms with Crippen LogP contribution in [0.3, 0.4) is 0 Å². The third-order valence-corrected chi connectivity index (χ3v) is 4.29. The van der Waals surface area contributed by atoms with Gasteiger partial charge in [0.2, 0.25) is 0 Å². The molecular formula is C15H25ClN4. The van der Waals surface area contributed by atoms with Gasteiger partial charge in [-0.15, -0.1) is 11.6 Å². The molecule has 2 atom stereocenters. The Morgan fingerprint density at radius 2 is 1.85 bits per heavy atom. The largest absolute Gasteiger partial charge is 0.311 e. The maximum absolute atomic E-state index is 6.33. The van der Waals surface area contributed by atoms with Gasteiger partial charge in [0.15, 0.2) is 5.65 Å². The fourth-order valence-corrected chi connectivity index (χ4v) is 2.61. The summed E-state index contributed by atoms with van der Waals surface area (Å²) >= 11 is 6.33. The van der Waals surface area contributed by atoms with Crippen LogP contribution in [0.5, 0.6) is 0 Å². The zero-order valence-corrected chi connectivity index (χ0v) is 14.1. The Kier molecular flexibility index (Phi) is 4.43. The van der Waals surface area contributed by atoms with Gasteiger partial charge >= 0.3 is 0 Å². The SMILES string of the molecule is CCn1nc(C)c2nc(C(C)Cl)n(CC(C)C(C)C)c21. The Bertz CT molecular complexity index is 595. The molecule has 20 heavy (non-hydrogen) atoms. The first-order valence-corrected chi connectivity index (χ1v) is 7.88. The predicted molar refractivity (Wildman–Crippen MR) is 84.2 cm³/mol. The van der Waals surface area contributed by atoms with Crippen molar-refractivity contribution in [2.75, 3.05) is 0 Å². The lowest BCUT2D eigenvalue weighted by Crippen LogP contribution is -2.17. The molecule has 2 heterocycles. The number of imidazole rings is 1. The Balaban J connectivity index is 2.60. The molecule has 5 heteroatoms. The third kappa shape index (κ3) is 2.58. The molecule has 0 aliphatic carbocycles. The molecular weight excluding hydrogens is 272 g/mol. The van der Waals surface area contributed by atoms with Gasteiger partial charge in [-0.05, 0) is 32.6 Å². The van der Waals surface area contributed by atoms with Crippen LogP contribution in [-0.2, 0) is 13.1 Å². The molecule has 0 aliphatic rings. The number of alkyl halides is 1. The summed E-state index contributed by atoms with van der Waals surface area (Å²) in [6, 6.07) is 0. The molecule has 0 radical (unpaired) electrons. The summed E-state index contributed by atoms with van der Waals surface area (Å²) in [7, 11) is 0. The minimum Gasteiger partial charge on any atom is -0.311 e. The molecule has 4 nitrogen and oxygen atoms in total. The number of rotatable bonds is 5. The van der Waals surface area contributed by atoms with Crippen LogP contribution in [-0.4, -0.2) is 19.3 Å². The lowest BCUT2D eigenvalue weighted by Gasteiger charge is -2.19. The lowest BCUT2D eigenvalue weighted by molar-refractivity contribution is 0.361. The molecule has 2 aromatic rings. The zero-order valence-electron chi connectivity index (χ0n) is 13.3. The number of aromatic nitrogens is 4. The van der Waals surface area contributed by atoms with Crippen LogP contribution < -0.4 is 0 Å². The molecule has 0 amide bonds. The van der Waals surface area contributed by atoms with E-state index in [1.54, 1.807) is 0 Å². The summed E-state index contributed by atoms with van der Waals surface area (Å²) in [4.78, 5) is 4.74. The summed E-state index contributed by atoms with van der Waals surface area (Å²) in [5.41, 5.74) is 3.08. The van der Waals surface area contributed by atoms with Crippen molar-refractivity contribution in [2.24, 2.45) is 11.8 Å². The number of hydrogen-bond acceptors (Lipinski definition) is 2. The molecule has 0 aromatic carbocycles. The average Bonchev–Trinajstić information content (AvgIpc) is 2.88. The molecule has 2 unspecified atom stereocenters. The van der Waals surface area contributed by atoms with Gasteiger partial charge in [0.25, 0.3) is 0 Å². The van der Waals surface area contributed by atoms with Gasteiger partial charge in [0.05, 0.1) is 11.1 Å². The highest BCUT2D eigenvalue weighted by atomic mass is 35.5. The second-order valence-electron chi connectivity index (χ2n) is 5.99. The van der Waals surface area contributed by atoms with Crippen LogP contribution >= 0.6 is 11.6 Å². The first-order valence-electron chi connectivity index (χ1n) is 7.44. The Labute approximate surface area is 126 Å². The van der Waals surface area contributed by atoms with Gasteiger partial charge in [0.1, 0.15) is 11.3 Å². The molecule has 0 saturated heterocycles. The van der Waals surface area contributed by atoms with Crippen LogP contribution in [0.2, 0.25) is 0 Å². The van der Waals surface area contributed by atoms with Gasteiger partial charge < -0.3 is 4.57 Å². The minimum absolute atomic E-state index is 0.0912. The maximum atomic E-state index is 6.33. The second kappa shape index (κ2) is 5.76. The fraction of sp³-hybridized carbons (Fsp3) is 0.733. The van der Waals surface area contributed by atoms with Crippen molar-refractivity contribution >= 4 is 22.8 Å². The lowest BCUT2D eigenvalue weighted by atomic mass is 9.98. The summed E-state index contributed by atoms with van der Waals surface area (Å²) in [6.45, 7) is 14.7. The highest BCUT2D eigenvalue weighted by molar-refractivity contribution is 6.20. The number of hydrogen-bond donors (Lipinski definition) is 0. The van der Waals surface area contributed by atoms with Crippen molar-refractivity contribution < 1.29 is 0 Å². The van der Waals surface area contributed by atoms with E-state index < -0.39 is 0 Å². The van der Waals surface area contributed by atoms with Gasteiger partial charge in [-0.1, -0.05) is 20.8 Å². The molecule has 0 aliphatic heterocycles. The van der Waals surface area contributed by atoms with E-state index in [0.717, 1.165) is 35.8 Å². The number of halogens is 1. The molecule has 2 rings (SSSR count). The zero-order chi connectivity index (χ0) is 15.0. The van der Waals surface area contributed by atoms with Gasteiger partial charge in [-0.3, -0.25) is 0 Å². The van der Waals surface area contributed by atoms with Crippen LogP contribution in [0.1, 0.15) is 51.5 Å². The summed E-state index contributed by atoms with van der Waals surface area (Å²) in [5.74, 6) is 2.16. The maximum Gasteiger partial charge on any atom is 0.158 e. The standard InChI is InChI=1S/C15H25ClN4/c1-7-20-15-13(12(6)18-20)17-14(11(5)16)19(15)8-10(4)9(2)3/h9-11H,7-8H2,1-6H3. The number of nitrogens with zero attached hydrogens (tertiary/aromatic N) is 4. The molecule has 0 spiro atoms. The van der Waals surface area contributed by atoms with E-state index in [9.17, 15) is 0 Å². The molecule has 0 saturated carbocycles. The quantitative estimate of drug-likeness (QED) is 0.777. The van der Waals surface area contributed by atoms with Crippen molar-refractivity contribution in [2.45, 2.75) is 60.0 Å². The number of aryl methyl sites for hydroxylation is 2. The van der Waals surface area contributed by atoms with E-state index >= 15 is 0 Å². The molecule has 112 valence electrons. The van der Waals surface area contributed by atoms with Crippen molar-refractivity contribution in [3.8, 4) is 0 Å². The monoisotopic (exact) mass is 296 g/mol. The van der Waals surface area contributed by atoms with E-state index in [0.29, 0.717) is 11.8 Å². The first-order chi connectivity index (χ1) is 9.36. The van der Waals surface area contributed by atoms with Crippen molar-refractivity contribution in [3.63, 3.8) is 0 Å². The van der Waals surface area contributed by atoms with E-state index in [2.05, 4.69) is 37.4 Å². The summed E-state index contributed by atoms with van der Waals surface area (Å²) in [6.07, 6.45) is 0. The highest BCUT2D eigenvalue weighted by Crippen LogP contribution is 2.28. The molecule has 0 fully saturated rings. The van der Waals surface area contributed by atoms with Crippen LogP contribution in [0.25, 0.3) is 11.2 Å². The molecule has 0 bridgehead atoms. The number of fused-ring (bicyclic) bond motifs is 1. The van der Waals surface area contributed by atoms with Gasteiger partial charge in [0, 0.05) is 13.1 Å². The van der Waals surface area contributed by atoms with Gasteiger partial charge in [-0.25, -0.2) is 9.67 Å². The highest BCUT2D eigenvalue weighted by Gasteiger charge is 2.22. The third-order valence-electron chi connectivity index (χ3n) is 4.09. The van der Waals surface area contributed by atoms with Crippen molar-refractivity contribution in [1.29, 1.82) is 0 Å². The molecule has 2 aromatic heterocycles. The summed E-state index contributed by atoms with van der Waals surface area (Å²) in [5, 5.41) is 4.48. The van der Waals surface area contributed by atoms with Crippen LogP contribution in [0.4, 0.5) is 0 Å². The van der Waals surface area contributed by atoms with E-state index in [-0.39, 0.29) is 5.38 Å². The van der Waals surface area contributed by atoms with Crippen LogP contribution in [0.15, 0.2) is 0 Å². The summed E-state index contributed by atoms with van der Waals surface area (Å²) < 4.78 is 4.30. The van der Waals surface area contributed by atoms with Crippen LogP contribution in [0, 0.1) is 18.8 Å². The second-order valence-corrected chi connectivity index (χ2v) is 6.65. The Hall–Kier alpha value is -1.03. The first kappa shape index (κ1) is 15.4. The fourth-order valence-electron chi connectivity index (χ4n) is 2.44.